The fourth-order valence-electron chi connectivity index (χ4n) is 0.376. The second-order valence-electron chi connectivity index (χ2n) is 1.90. The molecule has 0 radical (unpaired) electrons. The summed E-state index contributed by atoms with van der Waals surface area (Å²) in [6.45, 7) is 0. The molecule has 0 atom stereocenters. The number of nitrogen functional groups attached to an aromatic ring is 1. The molecule has 74 valence electrons. The van der Waals surface area contributed by atoms with Gasteiger partial charge in [-0.25, -0.2) is 4.98 Å². The van der Waals surface area contributed by atoms with Crippen molar-refractivity contribution < 1.29 is 13.2 Å². The Balaban J connectivity index is 0.000000226. The number of hydrazine groups is 1. The number of nitrogens with zero attached hydrogens (tertiary/aromatic N) is 1. The first-order chi connectivity index (χ1) is 5.95. The summed E-state index contributed by atoms with van der Waals surface area (Å²) < 4.78 is 31.6. The minimum absolute atomic E-state index is 0.572. The molecule has 4 nitrogen and oxygen atoms in total. The molecule has 0 aliphatic heterocycles. The zero-order chi connectivity index (χ0) is 10.3. The smallest absolute Gasteiger partial charge is 0.384 e. The quantitative estimate of drug-likeness (QED) is 0.321. The summed E-state index contributed by atoms with van der Waals surface area (Å²) in [7, 11) is 0. The van der Waals surface area contributed by atoms with E-state index < -0.39 is 6.30 Å². The van der Waals surface area contributed by atoms with Crippen LogP contribution in [0, 0.1) is 0 Å². The number of anilines is 1. The molecule has 0 unspecified atom stereocenters. The lowest BCUT2D eigenvalue weighted by atomic mass is 10.5. The van der Waals surface area contributed by atoms with Crippen molar-refractivity contribution in [2.24, 2.45) is 5.84 Å². The zero-order valence-corrected chi connectivity index (χ0v) is 6.55. The highest BCUT2D eigenvalue weighted by Crippen LogP contribution is 2.05. The van der Waals surface area contributed by atoms with E-state index in [2.05, 4.69) is 10.8 Å². The third-order valence-electron chi connectivity index (χ3n) is 0.851. The third-order valence-corrected chi connectivity index (χ3v) is 0.851. The van der Waals surface area contributed by atoms with Gasteiger partial charge in [-0.05, 0) is 12.1 Å². The number of aromatic nitrogens is 1. The Morgan fingerprint density at radius 1 is 1.31 bits per heavy atom. The molecule has 1 aromatic rings. The molecule has 0 amide bonds. The maximum Gasteiger partial charge on any atom is 0.470 e. The normalized spacial score (nSPS) is 10.2. The number of pyridine rings is 1. The Morgan fingerprint density at radius 2 is 1.85 bits per heavy atom. The van der Waals surface area contributed by atoms with Crippen LogP contribution in [0.4, 0.5) is 19.0 Å². The summed E-state index contributed by atoms with van der Waals surface area (Å²) in [5, 5.41) is 0. The van der Waals surface area contributed by atoms with Crippen molar-refractivity contribution in [3.63, 3.8) is 0 Å². The molecule has 1 heterocycles. The topological polar surface area (TPSA) is 77.0 Å². The van der Waals surface area contributed by atoms with Crippen molar-refractivity contribution in [1.82, 2.24) is 10.4 Å². The highest BCUT2D eigenvalue weighted by atomic mass is 19.4. The molecule has 0 aliphatic carbocycles. The van der Waals surface area contributed by atoms with E-state index in [-0.39, 0.29) is 0 Å². The van der Waals surface area contributed by atoms with E-state index >= 15 is 0 Å². The molecule has 0 bridgehead atoms. The van der Waals surface area contributed by atoms with Gasteiger partial charge in [0.1, 0.15) is 5.82 Å². The summed E-state index contributed by atoms with van der Waals surface area (Å²) >= 11 is 0. The number of nitrogens with two attached hydrogens (primary N) is 2. The first-order valence-electron chi connectivity index (χ1n) is 3.16. The lowest BCUT2D eigenvalue weighted by Gasteiger charge is -1.98. The molecule has 0 aromatic carbocycles. The van der Waals surface area contributed by atoms with Crippen molar-refractivity contribution in [3.8, 4) is 0 Å². The van der Waals surface area contributed by atoms with Gasteiger partial charge in [0.05, 0.1) is 0 Å². The van der Waals surface area contributed by atoms with Crippen LogP contribution < -0.4 is 17.0 Å². The highest BCUT2D eigenvalue weighted by molar-refractivity contribution is 5.25. The van der Waals surface area contributed by atoms with E-state index in [1.165, 1.54) is 0 Å². The molecule has 5 N–H and O–H groups in total. The molecule has 1 rings (SSSR count). The van der Waals surface area contributed by atoms with Crippen LogP contribution in [0.1, 0.15) is 0 Å². The fourth-order valence-corrected chi connectivity index (χ4v) is 0.376. The van der Waals surface area contributed by atoms with Gasteiger partial charge < -0.3 is 5.73 Å². The Kier molecular flexibility index (Phi) is 4.78. The van der Waals surface area contributed by atoms with Crippen LogP contribution in [-0.4, -0.2) is 11.3 Å². The van der Waals surface area contributed by atoms with Crippen LogP contribution in [-0.2, 0) is 0 Å². The van der Waals surface area contributed by atoms with Crippen molar-refractivity contribution >= 4 is 5.82 Å². The average molecular weight is 194 g/mol. The second-order valence-corrected chi connectivity index (χ2v) is 1.90. The molecule has 13 heavy (non-hydrogen) atoms. The minimum Gasteiger partial charge on any atom is -0.384 e. The predicted octanol–water partition coefficient (Wildman–Crippen LogP) is 0.633. The van der Waals surface area contributed by atoms with Crippen LogP contribution >= 0.6 is 0 Å². The number of nitrogens with one attached hydrogen (secondary N) is 1. The summed E-state index contributed by atoms with van der Waals surface area (Å²) in [6.07, 6.45) is -2.77. The molecule has 0 saturated carbocycles. The van der Waals surface area contributed by atoms with Gasteiger partial charge in [0.15, 0.2) is 0 Å². The van der Waals surface area contributed by atoms with Crippen LogP contribution in [0.25, 0.3) is 0 Å². The number of hydrogen-bond acceptors (Lipinski definition) is 4. The van der Waals surface area contributed by atoms with E-state index in [0.29, 0.717) is 11.2 Å². The van der Waals surface area contributed by atoms with E-state index in [1.54, 1.807) is 12.3 Å². The molecular formula is C6H9F3N4. The second kappa shape index (κ2) is 5.33. The van der Waals surface area contributed by atoms with Gasteiger partial charge in [-0.15, -0.1) is 0 Å². The molecule has 0 fully saturated rings. The van der Waals surface area contributed by atoms with Crippen LogP contribution in [0.15, 0.2) is 24.4 Å². The van der Waals surface area contributed by atoms with Gasteiger partial charge in [-0.2, -0.15) is 18.6 Å². The SMILES string of the molecule is NNC(F)(F)F.Nc1ccccn1. The van der Waals surface area contributed by atoms with Crippen LogP contribution in [0.3, 0.4) is 0 Å². The first-order valence-corrected chi connectivity index (χ1v) is 3.16. The van der Waals surface area contributed by atoms with Crippen molar-refractivity contribution in [2.75, 3.05) is 5.73 Å². The number of alkyl halides is 3. The summed E-state index contributed by atoms with van der Waals surface area (Å²) in [5.41, 5.74) is 5.85. The van der Waals surface area contributed by atoms with E-state index in [0.717, 1.165) is 0 Å². The van der Waals surface area contributed by atoms with Crippen LogP contribution in [0.5, 0.6) is 0 Å². The molecule has 0 aliphatic rings. The van der Waals surface area contributed by atoms with Crippen molar-refractivity contribution in [2.45, 2.75) is 6.30 Å². The Morgan fingerprint density at radius 3 is 2.00 bits per heavy atom. The van der Waals surface area contributed by atoms with Gasteiger partial charge in [-0.1, -0.05) is 6.07 Å². The van der Waals surface area contributed by atoms with Gasteiger partial charge in [0.25, 0.3) is 0 Å². The fraction of sp³-hybridized carbons (Fsp3) is 0.167. The molecule has 0 saturated heterocycles. The van der Waals surface area contributed by atoms with Gasteiger partial charge in [0.2, 0.25) is 0 Å². The third kappa shape index (κ3) is 8.57. The molecule has 0 spiro atoms. The first kappa shape index (κ1) is 11.7. The van der Waals surface area contributed by atoms with E-state index in [4.69, 9.17) is 5.73 Å². The monoisotopic (exact) mass is 194 g/mol. The Bertz CT molecular complexity index is 223. The Labute approximate surface area is 72.7 Å². The van der Waals surface area contributed by atoms with Crippen LogP contribution in [0.2, 0.25) is 0 Å². The summed E-state index contributed by atoms with van der Waals surface area (Å²) in [5.74, 6) is 4.50. The number of rotatable bonds is 0. The molecule has 7 heteroatoms. The Hall–Kier alpha value is -1.34. The lowest BCUT2D eigenvalue weighted by molar-refractivity contribution is -0.157. The van der Waals surface area contributed by atoms with E-state index in [1.807, 2.05) is 12.1 Å². The highest BCUT2D eigenvalue weighted by Gasteiger charge is 2.23. The summed E-state index contributed by atoms with van der Waals surface area (Å²) in [6, 6.07) is 5.43. The minimum atomic E-state index is -4.43. The molecule has 1 aromatic heterocycles. The zero-order valence-electron chi connectivity index (χ0n) is 6.55. The van der Waals surface area contributed by atoms with Gasteiger partial charge in [0, 0.05) is 6.20 Å². The standard InChI is InChI=1S/C5H6N2.CH3F3N2/c6-5-3-1-2-4-7-5;2-1(3,4)6-5/h1-4H,(H2,6,7);6H,5H2. The molecular weight excluding hydrogens is 185 g/mol. The largest absolute Gasteiger partial charge is 0.470 e. The van der Waals surface area contributed by atoms with Crippen molar-refractivity contribution in [1.29, 1.82) is 0 Å². The predicted molar refractivity (Wildman–Crippen MR) is 42.0 cm³/mol. The maximum absolute atomic E-state index is 10.5. The maximum atomic E-state index is 10.5. The van der Waals surface area contributed by atoms with Gasteiger partial charge >= 0.3 is 6.30 Å². The van der Waals surface area contributed by atoms with E-state index in [9.17, 15) is 13.2 Å². The average Bonchev–Trinajstić information content (AvgIpc) is 2.06. The number of hydrogen-bond donors (Lipinski definition) is 3. The lowest BCUT2D eigenvalue weighted by Crippen LogP contribution is -2.37. The summed E-state index contributed by atoms with van der Waals surface area (Å²) in [4.78, 5) is 3.76. The number of halogens is 3. The van der Waals surface area contributed by atoms with Crippen molar-refractivity contribution in [3.05, 3.63) is 24.4 Å². The van der Waals surface area contributed by atoms with Gasteiger partial charge in [-0.3, -0.25) is 5.84 Å².